The molecule has 1 aromatic rings. The number of carbonyl (C=O) groups excluding carboxylic acids is 1. The summed E-state index contributed by atoms with van der Waals surface area (Å²) in [6, 6.07) is 6.42. The lowest BCUT2D eigenvalue weighted by Gasteiger charge is -2.09. The molecule has 0 radical (unpaired) electrons. The Kier molecular flexibility index (Phi) is 3.27. The minimum Gasteiger partial charge on any atom is -0.326 e. The van der Waals surface area contributed by atoms with Crippen molar-refractivity contribution >= 4 is 27.5 Å². The smallest absolute Gasteiger partial charge is 0.296 e. The Morgan fingerprint density at radius 1 is 1.37 bits per heavy atom. The SMILES string of the molecule is CC1(C)CC1C(=O)Nc1cccc(NS(N)(=O)=O)c1. The summed E-state index contributed by atoms with van der Waals surface area (Å²) in [5.74, 6) is -0.0277. The van der Waals surface area contributed by atoms with E-state index in [4.69, 9.17) is 5.14 Å². The zero-order valence-electron chi connectivity index (χ0n) is 10.8. The fourth-order valence-corrected chi connectivity index (χ4v) is 2.42. The molecule has 0 bridgehead atoms. The number of hydrogen-bond acceptors (Lipinski definition) is 3. The average Bonchev–Trinajstić information content (AvgIpc) is 2.85. The van der Waals surface area contributed by atoms with Crippen LogP contribution in [0.5, 0.6) is 0 Å². The average molecular weight is 283 g/mol. The Hall–Kier alpha value is -1.60. The Labute approximate surface area is 112 Å². The molecule has 0 spiro atoms. The zero-order valence-corrected chi connectivity index (χ0v) is 11.6. The van der Waals surface area contributed by atoms with E-state index in [2.05, 4.69) is 10.0 Å². The molecule has 1 fully saturated rings. The van der Waals surface area contributed by atoms with E-state index in [1.807, 2.05) is 13.8 Å². The van der Waals surface area contributed by atoms with Gasteiger partial charge in [-0.05, 0) is 30.0 Å². The summed E-state index contributed by atoms with van der Waals surface area (Å²) in [6.07, 6.45) is 0.869. The number of carbonyl (C=O) groups is 1. The van der Waals surface area contributed by atoms with E-state index < -0.39 is 10.2 Å². The van der Waals surface area contributed by atoms with Crippen molar-refractivity contribution in [1.82, 2.24) is 0 Å². The maximum absolute atomic E-state index is 11.9. The third-order valence-electron chi connectivity index (χ3n) is 3.22. The second kappa shape index (κ2) is 4.50. The van der Waals surface area contributed by atoms with Gasteiger partial charge < -0.3 is 5.32 Å². The molecule has 0 heterocycles. The van der Waals surface area contributed by atoms with Gasteiger partial charge in [-0.3, -0.25) is 9.52 Å². The minimum atomic E-state index is -3.81. The monoisotopic (exact) mass is 283 g/mol. The molecule has 6 nitrogen and oxygen atoms in total. The van der Waals surface area contributed by atoms with E-state index in [1.54, 1.807) is 18.2 Å². The third-order valence-corrected chi connectivity index (χ3v) is 3.74. The summed E-state index contributed by atoms with van der Waals surface area (Å²) >= 11 is 0. The van der Waals surface area contributed by atoms with Gasteiger partial charge in [0.15, 0.2) is 0 Å². The van der Waals surface area contributed by atoms with E-state index >= 15 is 0 Å². The van der Waals surface area contributed by atoms with Gasteiger partial charge in [-0.1, -0.05) is 19.9 Å². The molecule has 1 unspecified atom stereocenters. The third kappa shape index (κ3) is 3.68. The fourth-order valence-electron chi connectivity index (χ4n) is 1.97. The molecular weight excluding hydrogens is 266 g/mol. The summed E-state index contributed by atoms with van der Waals surface area (Å²) < 4.78 is 24.0. The van der Waals surface area contributed by atoms with Gasteiger partial charge in [0.2, 0.25) is 5.91 Å². The zero-order chi connectivity index (χ0) is 14.3. The van der Waals surface area contributed by atoms with E-state index in [9.17, 15) is 13.2 Å². The van der Waals surface area contributed by atoms with Crippen LogP contribution in [0.2, 0.25) is 0 Å². The van der Waals surface area contributed by atoms with Crippen LogP contribution in [-0.4, -0.2) is 14.3 Å². The number of anilines is 2. The van der Waals surface area contributed by atoms with Gasteiger partial charge in [0.05, 0.1) is 5.69 Å². The molecule has 19 heavy (non-hydrogen) atoms. The lowest BCUT2D eigenvalue weighted by Crippen LogP contribution is -2.22. The quantitative estimate of drug-likeness (QED) is 0.776. The normalized spacial score (nSPS) is 20.7. The van der Waals surface area contributed by atoms with Crippen molar-refractivity contribution in [3.63, 3.8) is 0 Å². The first-order valence-electron chi connectivity index (χ1n) is 5.89. The molecule has 1 aliphatic rings. The molecular formula is C12H17N3O3S. The van der Waals surface area contributed by atoms with E-state index in [-0.39, 0.29) is 17.2 Å². The molecule has 2 rings (SSSR count). The summed E-state index contributed by atoms with van der Waals surface area (Å²) in [5.41, 5.74) is 0.914. The number of nitrogens with two attached hydrogens (primary N) is 1. The van der Waals surface area contributed by atoms with Crippen LogP contribution in [0, 0.1) is 11.3 Å². The number of nitrogens with one attached hydrogen (secondary N) is 2. The van der Waals surface area contributed by atoms with Crippen molar-refractivity contribution in [3.8, 4) is 0 Å². The van der Waals surface area contributed by atoms with Crippen LogP contribution in [0.15, 0.2) is 24.3 Å². The molecule has 0 saturated heterocycles. The van der Waals surface area contributed by atoms with Gasteiger partial charge >= 0.3 is 0 Å². The highest BCUT2D eigenvalue weighted by atomic mass is 32.2. The van der Waals surface area contributed by atoms with Gasteiger partial charge in [0.1, 0.15) is 0 Å². The first-order valence-corrected chi connectivity index (χ1v) is 7.43. The Morgan fingerprint density at radius 3 is 2.47 bits per heavy atom. The summed E-state index contributed by atoms with van der Waals surface area (Å²) in [4.78, 5) is 11.9. The van der Waals surface area contributed by atoms with E-state index in [0.29, 0.717) is 11.4 Å². The predicted molar refractivity (Wildman–Crippen MR) is 73.7 cm³/mol. The van der Waals surface area contributed by atoms with Crippen LogP contribution >= 0.6 is 0 Å². The molecule has 4 N–H and O–H groups in total. The lowest BCUT2D eigenvalue weighted by atomic mass is 10.1. The first kappa shape index (κ1) is 13.8. The van der Waals surface area contributed by atoms with Gasteiger partial charge in [-0.2, -0.15) is 8.42 Å². The molecule has 0 aliphatic heterocycles. The van der Waals surface area contributed by atoms with Crippen LogP contribution in [0.4, 0.5) is 11.4 Å². The molecule has 7 heteroatoms. The van der Waals surface area contributed by atoms with Gasteiger partial charge in [0.25, 0.3) is 10.2 Å². The highest BCUT2D eigenvalue weighted by molar-refractivity contribution is 7.90. The molecule has 1 aromatic carbocycles. The van der Waals surface area contributed by atoms with E-state index in [1.165, 1.54) is 6.07 Å². The predicted octanol–water partition coefficient (Wildman–Crippen LogP) is 1.29. The second-order valence-electron chi connectivity index (χ2n) is 5.46. The second-order valence-corrected chi connectivity index (χ2v) is 6.76. The van der Waals surface area contributed by atoms with Crippen molar-refractivity contribution in [1.29, 1.82) is 0 Å². The lowest BCUT2D eigenvalue weighted by molar-refractivity contribution is -0.118. The number of benzene rings is 1. The van der Waals surface area contributed by atoms with Crippen molar-refractivity contribution in [2.75, 3.05) is 10.0 Å². The maximum atomic E-state index is 11.9. The van der Waals surface area contributed by atoms with Crippen molar-refractivity contribution in [2.45, 2.75) is 20.3 Å². The highest BCUT2D eigenvalue weighted by Gasteiger charge is 2.50. The van der Waals surface area contributed by atoms with Crippen LogP contribution < -0.4 is 15.2 Å². The van der Waals surface area contributed by atoms with Gasteiger partial charge in [-0.25, -0.2) is 5.14 Å². The summed E-state index contributed by atoms with van der Waals surface area (Å²) in [5, 5.41) is 7.66. The van der Waals surface area contributed by atoms with Gasteiger partial charge in [-0.15, -0.1) is 0 Å². The first-order chi connectivity index (χ1) is 8.67. The summed E-state index contributed by atoms with van der Waals surface area (Å²) in [7, 11) is -3.81. The van der Waals surface area contributed by atoms with E-state index in [0.717, 1.165) is 6.42 Å². The molecule has 1 atom stereocenters. The van der Waals surface area contributed by atoms with Crippen LogP contribution in [-0.2, 0) is 15.0 Å². The maximum Gasteiger partial charge on any atom is 0.296 e. The van der Waals surface area contributed by atoms with Gasteiger partial charge in [0, 0.05) is 11.6 Å². The van der Waals surface area contributed by atoms with Crippen molar-refractivity contribution < 1.29 is 13.2 Å². The highest BCUT2D eigenvalue weighted by Crippen LogP contribution is 2.51. The topological polar surface area (TPSA) is 101 Å². The van der Waals surface area contributed by atoms with Crippen molar-refractivity contribution in [2.24, 2.45) is 16.5 Å². The molecule has 104 valence electrons. The number of amides is 1. The van der Waals surface area contributed by atoms with Crippen LogP contribution in [0.25, 0.3) is 0 Å². The fraction of sp³-hybridized carbons (Fsp3) is 0.417. The Bertz CT molecular complexity index is 610. The molecule has 1 saturated carbocycles. The Balaban J connectivity index is 2.06. The summed E-state index contributed by atoms with van der Waals surface area (Å²) in [6.45, 7) is 4.08. The Morgan fingerprint density at radius 2 is 1.95 bits per heavy atom. The number of hydrogen-bond donors (Lipinski definition) is 3. The van der Waals surface area contributed by atoms with Crippen molar-refractivity contribution in [3.05, 3.63) is 24.3 Å². The minimum absolute atomic E-state index is 0.0161. The largest absolute Gasteiger partial charge is 0.326 e. The van der Waals surface area contributed by atoms with Crippen LogP contribution in [0.1, 0.15) is 20.3 Å². The molecule has 1 aliphatic carbocycles. The number of rotatable bonds is 4. The standard InChI is InChI=1S/C12H17N3O3S/c1-12(2)7-10(12)11(16)14-8-4-3-5-9(6-8)15-19(13,17)18/h3-6,10,15H,7H2,1-2H3,(H,14,16)(H2,13,17,18). The molecule has 0 aromatic heterocycles. The van der Waals surface area contributed by atoms with Crippen LogP contribution in [0.3, 0.4) is 0 Å². The molecule has 1 amide bonds.